The lowest BCUT2D eigenvalue weighted by atomic mass is 9.74. The molecule has 2 bridgehead atoms. The second-order valence-corrected chi connectivity index (χ2v) is 7.64. The molecule has 0 saturated heterocycles. The van der Waals surface area contributed by atoms with Crippen LogP contribution < -0.4 is 0 Å². The van der Waals surface area contributed by atoms with Gasteiger partial charge in [0.15, 0.2) is 0 Å². The maximum atomic E-state index is 14.1. The van der Waals surface area contributed by atoms with Gasteiger partial charge in [-0.3, -0.25) is 4.90 Å². The average molecular weight is 359 g/mol. The van der Waals surface area contributed by atoms with Crippen LogP contribution in [-0.2, 0) is 5.54 Å². The summed E-state index contributed by atoms with van der Waals surface area (Å²) in [6, 6.07) is 5.34. The molecular formula is C19H19F2N3O2. The second-order valence-electron chi connectivity index (χ2n) is 7.64. The summed E-state index contributed by atoms with van der Waals surface area (Å²) >= 11 is 0. The van der Waals surface area contributed by atoms with E-state index in [4.69, 9.17) is 0 Å². The number of rotatable bonds is 2. The fraction of sp³-hybridized carbons (Fsp3) is 0.421. The first-order valence-corrected chi connectivity index (χ1v) is 8.51. The predicted molar refractivity (Wildman–Crippen MR) is 90.6 cm³/mol. The second kappa shape index (κ2) is 5.22. The van der Waals surface area contributed by atoms with Crippen LogP contribution in [0, 0.1) is 17.0 Å². The van der Waals surface area contributed by atoms with Crippen molar-refractivity contribution in [1.29, 1.82) is 0 Å². The molecule has 1 aromatic heterocycles. The summed E-state index contributed by atoms with van der Waals surface area (Å²) in [5.41, 5.74) is 0.202. The summed E-state index contributed by atoms with van der Waals surface area (Å²) in [4.78, 5) is 13.0. The van der Waals surface area contributed by atoms with Crippen LogP contribution in [0.2, 0.25) is 0 Å². The highest BCUT2D eigenvalue weighted by Gasteiger charge is 2.66. The molecule has 1 fully saturated rings. The predicted octanol–water partition coefficient (Wildman–Crippen LogP) is 4.14. The Morgan fingerprint density at radius 2 is 1.92 bits per heavy atom. The first-order valence-electron chi connectivity index (χ1n) is 8.51. The lowest BCUT2D eigenvalue weighted by molar-refractivity contribution is 0.0304. The Morgan fingerprint density at radius 1 is 1.27 bits per heavy atom. The SMILES string of the molecule is CN(C(=O)O)[C@]12CC[C@H](c3cc(-c4c(F)cccc4F)nnc31)C2(C)C. The van der Waals surface area contributed by atoms with Crippen LogP contribution >= 0.6 is 0 Å². The molecule has 2 atom stereocenters. The Labute approximate surface area is 149 Å². The van der Waals surface area contributed by atoms with E-state index in [1.165, 1.54) is 23.1 Å². The highest BCUT2D eigenvalue weighted by atomic mass is 19.1. The van der Waals surface area contributed by atoms with Crippen LogP contribution in [-0.4, -0.2) is 33.3 Å². The number of hydrogen-bond acceptors (Lipinski definition) is 3. The monoisotopic (exact) mass is 359 g/mol. The number of carbonyl (C=O) groups is 1. The first-order chi connectivity index (χ1) is 12.2. The smallest absolute Gasteiger partial charge is 0.407 e. The van der Waals surface area contributed by atoms with Crippen molar-refractivity contribution < 1.29 is 18.7 Å². The summed E-state index contributed by atoms with van der Waals surface area (Å²) in [6.45, 7) is 4.05. The minimum absolute atomic E-state index is 0.0587. The molecule has 2 aliphatic rings. The highest BCUT2D eigenvalue weighted by Crippen LogP contribution is 2.68. The zero-order valence-corrected chi connectivity index (χ0v) is 14.8. The molecule has 1 heterocycles. The molecule has 0 radical (unpaired) electrons. The lowest BCUT2D eigenvalue weighted by Crippen LogP contribution is -2.52. The van der Waals surface area contributed by atoms with Gasteiger partial charge in [-0.1, -0.05) is 19.9 Å². The highest BCUT2D eigenvalue weighted by molar-refractivity contribution is 5.69. The molecule has 7 heteroatoms. The molecule has 1 amide bonds. The van der Waals surface area contributed by atoms with Gasteiger partial charge in [0.05, 0.1) is 22.5 Å². The van der Waals surface area contributed by atoms with Gasteiger partial charge < -0.3 is 5.11 Å². The number of halogens is 2. The summed E-state index contributed by atoms with van der Waals surface area (Å²) in [5, 5.41) is 17.9. The maximum Gasteiger partial charge on any atom is 0.407 e. The third-order valence-corrected chi connectivity index (χ3v) is 6.40. The van der Waals surface area contributed by atoms with Crippen molar-refractivity contribution in [2.24, 2.45) is 5.41 Å². The average Bonchev–Trinajstić information content (AvgIpc) is 2.95. The van der Waals surface area contributed by atoms with Gasteiger partial charge in [-0.25, -0.2) is 13.6 Å². The van der Waals surface area contributed by atoms with Crippen molar-refractivity contribution in [3.8, 4) is 11.3 Å². The van der Waals surface area contributed by atoms with Gasteiger partial charge in [0.2, 0.25) is 0 Å². The maximum absolute atomic E-state index is 14.1. The number of hydrogen-bond donors (Lipinski definition) is 1. The number of benzene rings is 1. The van der Waals surface area contributed by atoms with Crippen LogP contribution in [0.25, 0.3) is 11.3 Å². The van der Waals surface area contributed by atoms with Gasteiger partial charge in [0.1, 0.15) is 11.6 Å². The fourth-order valence-electron chi connectivity index (χ4n) is 5.07. The summed E-state index contributed by atoms with van der Waals surface area (Å²) in [5.74, 6) is -1.33. The summed E-state index contributed by atoms with van der Waals surface area (Å²) in [7, 11) is 1.55. The minimum Gasteiger partial charge on any atom is -0.465 e. The van der Waals surface area contributed by atoms with Crippen molar-refractivity contribution in [1.82, 2.24) is 15.1 Å². The van der Waals surface area contributed by atoms with Crippen LogP contribution in [0.1, 0.15) is 43.9 Å². The molecule has 0 unspecified atom stereocenters. The van der Waals surface area contributed by atoms with Crippen molar-refractivity contribution >= 4 is 6.09 Å². The third kappa shape index (κ3) is 1.86. The quantitative estimate of drug-likeness (QED) is 0.875. The molecule has 2 aromatic rings. The molecular weight excluding hydrogens is 340 g/mol. The van der Waals surface area contributed by atoms with Crippen LogP contribution in [0.3, 0.4) is 0 Å². The standard InChI is InChI=1S/C19H19F2N3O2/c1-18(2)11-7-8-19(18,24(3)17(25)26)16-10(11)9-14(22-23-16)15-12(20)5-4-6-13(15)21/h4-6,9,11H,7-8H2,1-3H3,(H,25,26)/t11-,19-/m1/s1. The van der Waals surface area contributed by atoms with Crippen LogP contribution in [0.4, 0.5) is 13.6 Å². The van der Waals surface area contributed by atoms with Crippen LogP contribution in [0.15, 0.2) is 24.3 Å². The number of aromatic nitrogens is 2. The van der Waals surface area contributed by atoms with E-state index in [1.54, 1.807) is 13.1 Å². The molecule has 5 nitrogen and oxygen atoms in total. The molecule has 136 valence electrons. The Hall–Kier alpha value is -2.57. The summed E-state index contributed by atoms with van der Waals surface area (Å²) < 4.78 is 28.3. The Kier molecular flexibility index (Phi) is 3.39. The van der Waals surface area contributed by atoms with Gasteiger partial charge in [0, 0.05) is 12.5 Å². The number of amides is 1. The van der Waals surface area contributed by atoms with E-state index in [9.17, 15) is 18.7 Å². The Morgan fingerprint density at radius 3 is 2.54 bits per heavy atom. The lowest BCUT2D eigenvalue weighted by Gasteiger charge is -2.43. The van der Waals surface area contributed by atoms with Gasteiger partial charge in [-0.15, -0.1) is 5.10 Å². The Balaban J connectivity index is 1.92. The number of carboxylic acid groups (broad SMARTS) is 1. The van der Waals surface area contributed by atoms with Gasteiger partial charge in [0.25, 0.3) is 0 Å². The minimum atomic E-state index is -1.03. The van der Waals surface area contributed by atoms with E-state index in [1.807, 2.05) is 13.8 Å². The molecule has 1 aromatic carbocycles. The first kappa shape index (κ1) is 16.9. The largest absolute Gasteiger partial charge is 0.465 e. The van der Waals surface area contributed by atoms with Gasteiger partial charge in [-0.2, -0.15) is 5.10 Å². The molecule has 4 rings (SSSR count). The number of fused-ring (bicyclic) bond motifs is 5. The van der Waals surface area contributed by atoms with E-state index < -0.39 is 23.3 Å². The molecule has 0 spiro atoms. The van der Waals surface area contributed by atoms with Crippen molar-refractivity contribution in [3.63, 3.8) is 0 Å². The zero-order chi connectivity index (χ0) is 18.9. The van der Waals surface area contributed by atoms with Crippen molar-refractivity contribution in [2.75, 3.05) is 7.05 Å². The van der Waals surface area contributed by atoms with Crippen molar-refractivity contribution in [2.45, 2.75) is 38.1 Å². The fourth-order valence-corrected chi connectivity index (χ4v) is 5.07. The molecule has 2 aliphatic carbocycles. The van der Waals surface area contributed by atoms with E-state index >= 15 is 0 Å². The van der Waals surface area contributed by atoms with Gasteiger partial charge in [-0.05, 0) is 42.5 Å². The normalized spacial score (nSPS) is 25.2. The van der Waals surface area contributed by atoms with E-state index in [2.05, 4.69) is 10.2 Å². The molecule has 0 aliphatic heterocycles. The topological polar surface area (TPSA) is 66.3 Å². The molecule has 1 saturated carbocycles. The van der Waals surface area contributed by atoms with E-state index in [0.717, 1.165) is 12.0 Å². The van der Waals surface area contributed by atoms with Crippen molar-refractivity contribution in [3.05, 3.63) is 47.2 Å². The van der Waals surface area contributed by atoms with E-state index in [-0.39, 0.29) is 22.6 Å². The Bertz CT molecular complexity index is 911. The zero-order valence-electron chi connectivity index (χ0n) is 14.8. The van der Waals surface area contributed by atoms with E-state index in [0.29, 0.717) is 12.1 Å². The molecule has 26 heavy (non-hydrogen) atoms. The summed E-state index contributed by atoms with van der Waals surface area (Å²) in [6.07, 6.45) is 0.419. The van der Waals surface area contributed by atoms with Crippen LogP contribution in [0.5, 0.6) is 0 Å². The van der Waals surface area contributed by atoms with Gasteiger partial charge >= 0.3 is 6.09 Å². The molecule has 1 N–H and O–H groups in total. The third-order valence-electron chi connectivity index (χ3n) is 6.40. The number of nitrogens with zero attached hydrogens (tertiary/aromatic N) is 3.